The molecule has 0 bridgehead atoms. The first-order valence-electron chi connectivity index (χ1n) is 10.7. The fraction of sp³-hybridized carbons (Fsp3) is 0.500. The van der Waals surface area contributed by atoms with E-state index in [2.05, 4.69) is 60.9 Å². The summed E-state index contributed by atoms with van der Waals surface area (Å²) < 4.78 is 0. The van der Waals surface area contributed by atoms with Gasteiger partial charge in [0, 0.05) is 30.9 Å². The second-order valence-electron chi connectivity index (χ2n) is 8.05. The molecule has 0 saturated carbocycles. The molecule has 2 amide bonds. The number of benzene rings is 1. The standard InChI is InChI=1S/C24H32N2O2S/c1-4-19(5-2)22(27)26-13-11-24(12-14-26,23(28)25-3)17-18-8-6-9-20(16-18)21-10-7-15-29-21/h6-10,15-16,19H,4-5,11-14,17H2,1-3H3,(H,25,28). The Hall–Kier alpha value is -2.14. The van der Waals surface area contributed by atoms with Crippen LogP contribution in [0.3, 0.4) is 0 Å². The lowest BCUT2D eigenvalue weighted by atomic mass is 9.72. The van der Waals surface area contributed by atoms with Crippen molar-refractivity contribution in [3.63, 3.8) is 0 Å². The number of hydrogen-bond donors (Lipinski definition) is 1. The summed E-state index contributed by atoms with van der Waals surface area (Å²) in [6.07, 6.45) is 3.88. The summed E-state index contributed by atoms with van der Waals surface area (Å²) in [4.78, 5) is 28.9. The minimum atomic E-state index is -0.451. The average Bonchev–Trinajstić information content (AvgIpc) is 3.29. The fourth-order valence-corrected chi connectivity index (χ4v) is 5.19. The molecular formula is C24H32N2O2S. The number of hydrogen-bond acceptors (Lipinski definition) is 3. The predicted molar refractivity (Wildman–Crippen MR) is 120 cm³/mol. The Morgan fingerprint density at radius 2 is 1.86 bits per heavy atom. The summed E-state index contributed by atoms with van der Waals surface area (Å²) in [7, 11) is 1.72. The smallest absolute Gasteiger partial charge is 0.226 e. The van der Waals surface area contributed by atoms with Gasteiger partial charge >= 0.3 is 0 Å². The van der Waals surface area contributed by atoms with Gasteiger partial charge in [-0.15, -0.1) is 11.3 Å². The molecule has 3 rings (SSSR count). The van der Waals surface area contributed by atoms with Gasteiger partial charge in [0.05, 0.1) is 5.41 Å². The van der Waals surface area contributed by atoms with E-state index in [1.165, 1.54) is 16.0 Å². The van der Waals surface area contributed by atoms with Gasteiger partial charge in [-0.05, 0) is 54.7 Å². The van der Waals surface area contributed by atoms with E-state index in [1.807, 2.05) is 4.90 Å². The summed E-state index contributed by atoms with van der Waals surface area (Å²) in [5.41, 5.74) is 1.93. The third-order valence-corrected chi connectivity index (χ3v) is 7.27. The molecule has 2 heterocycles. The molecule has 0 unspecified atom stereocenters. The number of carbonyl (C=O) groups is 2. The third kappa shape index (κ3) is 4.72. The maximum Gasteiger partial charge on any atom is 0.226 e. The highest BCUT2D eigenvalue weighted by atomic mass is 32.1. The van der Waals surface area contributed by atoms with E-state index in [9.17, 15) is 9.59 Å². The van der Waals surface area contributed by atoms with Crippen LogP contribution in [0.15, 0.2) is 41.8 Å². The highest BCUT2D eigenvalue weighted by Crippen LogP contribution is 2.37. The van der Waals surface area contributed by atoms with Crippen LogP contribution in [-0.4, -0.2) is 36.9 Å². The zero-order valence-electron chi connectivity index (χ0n) is 17.7. The van der Waals surface area contributed by atoms with Gasteiger partial charge in [0.1, 0.15) is 0 Å². The Labute approximate surface area is 178 Å². The quantitative estimate of drug-likeness (QED) is 0.713. The van der Waals surface area contributed by atoms with Crippen molar-refractivity contribution >= 4 is 23.2 Å². The Kier molecular flexibility index (Phi) is 7.12. The van der Waals surface area contributed by atoms with Gasteiger partial charge < -0.3 is 10.2 Å². The number of piperidine rings is 1. The molecule has 29 heavy (non-hydrogen) atoms. The van der Waals surface area contributed by atoms with Crippen molar-refractivity contribution in [2.24, 2.45) is 11.3 Å². The molecule has 1 saturated heterocycles. The molecule has 1 aromatic heterocycles. The van der Waals surface area contributed by atoms with E-state index < -0.39 is 5.41 Å². The summed E-state index contributed by atoms with van der Waals surface area (Å²) in [6.45, 7) is 5.47. The summed E-state index contributed by atoms with van der Waals surface area (Å²) in [5, 5.41) is 4.97. The first-order chi connectivity index (χ1) is 14.0. The van der Waals surface area contributed by atoms with Gasteiger partial charge in [-0.1, -0.05) is 44.2 Å². The number of carbonyl (C=O) groups excluding carboxylic acids is 2. The number of amides is 2. The van der Waals surface area contributed by atoms with Crippen molar-refractivity contribution < 1.29 is 9.59 Å². The summed E-state index contributed by atoms with van der Waals surface area (Å²) >= 11 is 1.73. The van der Waals surface area contributed by atoms with Crippen LogP contribution >= 0.6 is 11.3 Å². The Bertz CT molecular complexity index is 819. The molecule has 0 spiro atoms. The van der Waals surface area contributed by atoms with E-state index in [1.54, 1.807) is 18.4 Å². The average molecular weight is 413 g/mol. The topological polar surface area (TPSA) is 49.4 Å². The Balaban J connectivity index is 1.77. The van der Waals surface area contributed by atoms with Crippen LogP contribution in [0.1, 0.15) is 45.1 Å². The molecule has 1 fully saturated rings. The molecule has 1 aromatic carbocycles. The van der Waals surface area contributed by atoms with Crippen LogP contribution in [0, 0.1) is 11.3 Å². The van der Waals surface area contributed by atoms with Crippen molar-refractivity contribution in [2.45, 2.75) is 46.0 Å². The van der Waals surface area contributed by atoms with Gasteiger partial charge in [-0.25, -0.2) is 0 Å². The SMILES string of the molecule is CCC(CC)C(=O)N1CCC(Cc2cccc(-c3cccs3)c2)(C(=O)NC)CC1. The number of nitrogens with one attached hydrogen (secondary N) is 1. The Morgan fingerprint density at radius 3 is 2.45 bits per heavy atom. The van der Waals surface area contributed by atoms with Gasteiger partial charge in [-0.2, -0.15) is 0 Å². The second-order valence-corrected chi connectivity index (χ2v) is 9.00. The van der Waals surface area contributed by atoms with Crippen molar-refractivity contribution in [1.29, 1.82) is 0 Å². The van der Waals surface area contributed by atoms with Gasteiger partial charge in [-0.3, -0.25) is 9.59 Å². The van der Waals surface area contributed by atoms with Crippen molar-refractivity contribution in [1.82, 2.24) is 10.2 Å². The van der Waals surface area contributed by atoms with E-state index in [-0.39, 0.29) is 17.7 Å². The van der Waals surface area contributed by atoms with Crippen LogP contribution in [0.2, 0.25) is 0 Å². The van der Waals surface area contributed by atoms with Gasteiger partial charge in [0.25, 0.3) is 0 Å². The maximum atomic E-state index is 12.9. The van der Waals surface area contributed by atoms with Crippen LogP contribution in [0.5, 0.6) is 0 Å². The van der Waals surface area contributed by atoms with Crippen LogP contribution in [0.4, 0.5) is 0 Å². The highest BCUT2D eigenvalue weighted by Gasteiger charge is 2.42. The van der Waals surface area contributed by atoms with Crippen molar-refractivity contribution in [3.05, 3.63) is 47.3 Å². The van der Waals surface area contributed by atoms with Gasteiger partial charge in [0.2, 0.25) is 11.8 Å². The largest absolute Gasteiger partial charge is 0.359 e. The molecule has 2 aromatic rings. The lowest BCUT2D eigenvalue weighted by molar-refractivity contribution is -0.143. The molecule has 0 aliphatic carbocycles. The number of nitrogens with zero attached hydrogens (tertiary/aromatic N) is 1. The van der Waals surface area contributed by atoms with Crippen molar-refractivity contribution in [3.8, 4) is 10.4 Å². The maximum absolute atomic E-state index is 12.9. The third-order valence-electron chi connectivity index (χ3n) is 6.35. The number of thiophene rings is 1. The second kappa shape index (κ2) is 9.57. The fourth-order valence-electron chi connectivity index (χ4n) is 4.47. The lowest BCUT2D eigenvalue weighted by Crippen LogP contribution is -2.51. The normalized spacial score (nSPS) is 16.1. The van der Waals surface area contributed by atoms with Crippen LogP contribution in [0.25, 0.3) is 10.4 Å². The van der Waals surface area contributed by atoms with Gasteiger partial charge in [0.15, 0.2) is 0 Å². The van der Waals surface area contributed by atoms with Crippen LogP contribution in [-0.2, 0) is 16.0 Å². The summed E-state index contributed by atoms with van der Waals surface area (Å²) in [6, 6.07) is 12.7. The lowest BCUT2D eigenvalue weighted by Gasteiger charge is -2.41. The minimum absolute atomic E-state index is 0.0914. The van der Waals surface area contributed by atoms with E-state index >= 15 is 0 Å². The number of rotatable bonds is 7. The first kappa shape index (κ1) is 21.6. The molecule has 1 aliphatic rings. The molecule has 1 N–H and O–H groups in total. The molecule has 156 valence electrons. The van der Waals surface area contributed by atoms with E-state index in [0.29, 0.717) is 32.4 Å². The molecule has 1 aliphatic heterocycles. The zero-order valence-corrected chi connectivity index (χ0v) is 18.6. The minimum Gasteiger partial charge on any atom is -0.359 e. The first-order valence-corrected chi connectivity index (χ1v) is 11.5. The zero-order chi connectivity index (χ0) is 20.9. The predicted octanol–water partition coefficient (Wildman–Crippen LogP) is 4.75. The van der Waals surface area contributed by atoms with E-state index in [0.717, 1.165) is 12.8 Å². The molecule has 0 atom stereocenters. The highest BCUT2D eigenvalue weighted by molar-refractivity contribution is 7.13. The van der Waals surface area contributed by atoms with Crippen molar-refractivity contribution in [2.75, 3.05) is 20.1 Å². The molecule has 4 nitrogen and oxygen atoms in total. The molecular weight excluding hydrogens is 380 g/mol. The van der Waals surface area contributed by atoms with E-state index in [4.69, 9.17) is 0 Å². The molecule has 5 heteroatoms. The van der Waals surface area contributed by atoms with Crippen LogP contribution < -0.4 is 5.32 Å². The number of likely N-dealkylation sites (tertiary alicyclic amines) is 1. The monoisotopic (exact) mass is 412 g/mol. The molecule has 0 radical (unpaired) electrons. The summed E-state index contributed by atoms with van der Waals surface area (Å²) in [5.74, 6) is 0.443. The Morgan fingerprint density at radius 1 is 1.14 bits per heavy atom.